The van der Waals surface area contributed by atoms with Crippen LogP contribution in [0.3, 0.4) is 0 Å². The maximum Gasteiger partial charge on any atom is 0.305 e. The van der Waals surface area contributed by atoms with Gasteiger partial charge in [-0.3, -0.25) is 19.2 Å². The largest absolute Gasteiger partial charge is 0.463 e. The molecular formula is C16H24O10. The van der Waals surface area contributed by atoms with Crippen molar-refractivity contribution in [2.24, 2.45) is 0 Å². The topological polar surface area (TPSA) is 124 Å². The molecule has 1 aliphatic rings. The van der Waals surface area contributed by atoms with Gasteiger partial charge in [0, 0.05) is 34.3 Å². The van der Waals surface area contributed by atoms with Gasteiger partial charge in [0.2, 0.25) is 6.29 Å². The van der Waals surface area contributed by atoms with E-state index in [2.05, 4.69) is 0 Å². The number of ether oxygens (including phenoxy) is 6. The molecule has 0 radical (unpaired) electrons. The van der Waals surface area contributed by atoms with E-state index in [0.29, 0.717) is 0 Å². The molecule has 148 valence electrons. The fourth-order valence-corrected chi connectivity index (χ4v) is 2.50. The molecule has 0 bridgehead atoms. The highest BCUT2D eigenvalue weighted by Crippen LogP contribution is 2.29. The molecule has 1 rings (SSSR count). The Balaban J connectivity index is 3.20. The van der Waals surface area contributed by atoms with Crippen molar-refractivity contribution in [3.05, 3.63) is 0 Å². The number of carbonyl (C=O) groups excluding carboxylic acids is 4. The summed E-state index contributed by atoms with van der Waals surface area (Å²) in [6, 6.07) is 0. The van der Waals surface area contributed by atoms with Crippen LogP contribution in [0.15, 0.2) is 0 Å². The first-order valence-corrected chi connectivity index (χ1v) is 8.07. The van der Waals surface area contributed by atoms with Crippen LogP contribution in [0.5, 0.6) is 0 Å². The van der Waals surface area contributed by atoms with Gasteiger partial charge in [0.05, 0.1) is 0 Å². The zero-order chi connectivity index (χ0) is 19.9. The van der Waals surface area contributed by atoms with Gasteiger partial charge in [0.1, 0.15) is 18.8 Å². The van der Waals surface area contributed by atoms with E-state index < -0.39 is 54.6 Å². The summed E-state index contributed by atoms with van der Waals surface area (Å²) in [5.41, 5.74) is 0. The molecule has 0 saturated carbocycles. The standard InChI is InChI=1S/C16H24O10/c1-6-21-14-13(23-9(3)18)12(7-22-8(2)17)26-16(25-11(5)20)15(14)24-10(4)19/h12-16H,6-7H2,1-5H3/t12-,13-,14+,15-,16-/m1/s1. The first kappa shape index (κ1) is 21.8. The third-order valence-electron chi connectivity index (χ3n) is 3.29. The van der Waals surface area contributed by atoms with Crippen molar-refractivity contribution < 1.29 is 47.6 Å². The molecule has 0 N–H and O–H groups in total. The predicted molar refractivity (Wildman–Crippen MR) is 83.6 cm³/mol. The van der Waals surface area contributed by atoms with Crippen LogP contribution in [-0.4, -0.2) is 67.8 Å². The van der Waals surface area contributed by atoms with E-state index in [1.54, 1.807) is 6.92 Å². The van der Waals surface area contributed by atoms with Crippen molar-refractivity contribution >= 4 is 23.9 Å². The van der Waals surface area contributed by atoms with Crippen LogP contribution in [0.2, 0.25) is 0 Å². The Hall–Kier alpha value is -2.20. The van der Waals surface area contributed by atoms with Gasteiger partial charge in [0.25, 0.3) is 0 Å². The van der Waals surface area contributed by atoms with Crippen molar-refractivity contribution in [3.8, 4) is 0 Å². The van der Waals surface area contributed by atoms with Crippen LogP contribution in [0, 0.1) is 0 Å². The summed E-state index contributed by atoms with van der Waals surface area (Å²) < 4.78 is 31.6. The molecule has 0 aliphatic carbocycles. The van der Waals surface area contributed by atoms with Gasteiger partial charge in [-0.15, -0.1) is 0 Å². The summed E-state index contributed by atoms with van der Waals surface area (Å²) >= 11 is 0. The van der Waals surface area contributed by atoms with Crippen molar-refractivity contribution in [1.29, 1.82) is 0 Å². The lowest BCUT2D eigenvalue weighted by Crippen LogP contribution is -2.62. The van der Waals surface area contributed by atoms with Gasteiger partial charge < -0.3 is 28.4 Å². The summed E-state index contributed by atoms with van der Waals surface area (Å²) in [6.45, 7) is 6.31. The molecule has 26 heavy (non-hydrogen) atoms. The molecule has 0 spiro atoms. The molecule has 0 unspecified atom stereocenters. The molecule has 1 saturated heterocycles. The van der Waals surface area contributed by atoms with Gasteiger partial charge >= 0.3 is 23.9 Å². The Morgan fingerprint density at radius 2 is 1.31 bits per heavy atom. The van der Waals surface area contributed by atoms with Gasteiger partial charge in [-0.2, -0.15) is 0 Å². The second kappa shape index (κ2) is 10.1. The van der Waals surface area contributed by atoms with E-state index >= 15 is 0 Å². The highest BCUT2D eigenvalue weighted by atomic mass is 16.7. The zero-order valence-electron chi connectivity index (χ0n) is 15.4. The Morgan fingerprint density at radius 1 is 0.769 bits per heavy atom. The lowest BCUT2D eigenvalue weighted by atomic mass is 9.98. The summed E-state index contributed by atoms with van der Waals surface area (Å²) in [7, 11) is 0. The van der Waals surface area contributed by atoms with E-state index in [1.807, 2.05) is 0 Å². The van der Waals surface area contributed by atoms with E-state index in [0.717, 1.165) is 6.92 Å². The number of hydrogen-bond acceptors (Lipinski definition) is 10. The maximum atomic E-state index is 11.5. The van der Waals surface area contributed by atoms with E-state index in [9.17, 15) is 19.2 Å². The molecule has 5 atom stereocenters. The Kier molecular flexibility index (Phi) is 8.46. The fourth-order valence-electron chi connectivity index (χ4n) is 2.50. The van der Waals surface area contributed by atoms with E-state index in [-0.39, 0.29) is 13.2 Å². The summed E-state index contributed by atoms with van der Waals surface area (Å²) in [6.07, 6.45) is -5.53. The monoisotopic (exact) mass is 376 g/mol. The van der Waals surface area contributed by atoms with Crippen molar-refractivity contribution in [3.63, 3.8) is 0 Å². The normalized spacial score (nSPS) is 28.0. The fraction of sp³-hybridized carbons (Fsp3) is 0.750. The number of hydrogen-bond donors (Lipinski definition) is 0. The molecule has 0 amide bonds. The molecule has 10 heteroatoms. The Labute approximate surface area is 151 Å². The molecule has 1 aliphatic heterocycles. The van der Waals surface area contributed by atoms with E-state index in [1.165, 1.54) is 20.8 Å². The molecule has 10 nitrogen and oxygen atoms in total. The Bertz CT molecular complexity index is 531. The second-order valence-corrected chi connectivity index (χ2v) is 5.52. The SMILES string of the molecule is CCO[C@@H]1[C@@H](OC(C)=O)[C@H](OC(C)=O)O[C@H](COC(C)=O)[C@H]1OC(C)=O. The average molecular weight is 376 g/mol. The van der Waals surface area contributed by atoms with Crippen molar-refractivity contribution in [2.75, 3.05) is 13.2 Å². The maximum absolute atomic E-state index is 11.5. The second-order valence-electron chi connectivity index (χ2n) is 5.52. The van der Waals surface area contributed by atoms with Crippen LogP contribution < -0.4 is 0 Å². The van der Waals surface area contributed by atoms with Crippen molar-refractivity contribution in [1.82, 2.24) is 0 Å². The van der Waals surface area contributed by atoms with Crippen LogP contribution in [0.1, 0.15) is 34.6 Å². The minimum absolute atomic E-state index is 0.188. The summed E-state index contributed by atoms with van der Waals surface area (Å²) in [5, 5.41) is 0. The molecule has 0 aromatic carbocycles. The lowest BCUT2D eigenvalue weighted by molar-refractivity contribution is -0.303. The minimum atomic E-state index is -1.32. The van der Waals surface area contributed by atoms with Gasteiger partial charge in [-0.1, -0.05) is 0 Å². The van der Waals surface area contributed by atoms with Crippen LogP contribution >= 0.6 is 0 Å². The number of rotatable bonds is 7. The molecule has 1 heterocycles. The molecular weight excluding hydrogens is 352 g/mol. The van der Waals surface area contributed by atoms with Crippen LogP contribution in [-0.2, 0) is 47.6 Å². The highest BCUT2D eigenvalue weighted by Gasteiger charge is 2.52. The van der Waals surface area contributed by atoms with Gasteiger partial charge in [0.15, 0.2) is 12.2 Å². The van der Waals surface area contributed by atoms with Gasteiger partial charge in [-0.05, 0) is 6.92 Å². The third kappa shape index (κ3) is 6.60. The third-order valence-corrected chi connectivity index (χ3v) is 3.29. The van der Waals surface area contributed by atoms with E-state index in [4.69, 9.17) is 28.4 Å². The zero-order valence-corrected chi connectivity index (χ0v) is 15.4. The predicted octanol–water partition coefficient (Wildman–Crippen LogP) is 0.106. The smallest absolute Gasteiger partial charge is 0.305 e. The Morgan fingerprint density at radius 3 is 1.77 bits per heavy atom. The summed E-state index contributed by atoms with van der Waals surface area (Å²) in [5.74, 6) is -2.56. The van der Waals surface area contributed by atoms with Crippen molar-refractivity contribution in [2.45, 2.75) is 65.3 Å². The first-order chi connectivity index (χ1) is 12.1. The lowest BCUT2D eigenvalue weighted by Gasteiger charge is -2.43. The molecule has 1 fully saturated rings. The van der Waals surface area contributed by atoms with Crippen LogP contribution in [0.4, 0.5) is 0 Å². The van der Waals surface area contributed by atoms with Crippen LogP contribution in [0.25, 0.3) is 0 Å². The number of esters is 4. The quantitative estimate of drug-likeness (QED) is 0.446. The number of carbonyl (C=O) groups is 4. The molecule has 0 aromatic rings. The minimum Gasteiger partial charge on any atom is -0.463 e. The summed E-state index contributed by atoms with van der Waals surface area (Å²) in [4.78, 5) is 45.5. The first-order valence-electron chi connectivity index (χ1n) is 8.07. The molecule has 0 aromatic heterocycles. The average Bonchev–Trinajstić information content (AvgIpc) is 2.50. The van der Waals surface area contributed by atoms with Gasteiger partial charge in [-0.25, -0.2) is 0 Å². The highest BCUT2D eigenvalue weighted by molar-refractivity contribution is 5.68.